The molecule has 0 saturated carbocycles. The molecule has 0 radical (unpaired) electrons. The zero-order valence-electron chi connectivity index (χ0n) is 6.08. The average molecular weight is 258 g/mol. The molecule has 2 rings (SSSR count). The Morgan fingerprint density at radius 1 is 1.45 bits per heavy atom. The van der Waals surface area contributed by atoms with Crippen LogP contribution in [0.5, 0.6) is 0 Å². The second-order valence-corrected chi connectivity index (χ2v) is 3.48. The van der Waals surface area contributed by atoms with Crippen LogP contribution in [0.2, 0.25) is 0 Å². The maximum atomic E-state index is 4.19. The molecule has 11 heavy (non-hydrogen) atoms. The molecule has 2 aromatic heterocycles. The standard InChI is InChI=1S/C8H7IN2/c1-11-5-3-6-7(11)2-4-10-8(6)9/h2-5H,1H3. The van der Waals surface area contributed by atoms with Crippen molar-refractivity contribution in [3.8, 4) is 0 Å². The highest BCUT2D eigenvalue weighted by Crippen LogP contribution is 2.18. The Morgan fingerprint density at radius 3 is 3.00 bits per heavy atom. The summed E-state index contributed by atoms with van der Waals surface area (Å²) in [6.07, 6.45) is 3.89. The molecular formula is C8H7IN2. The Kier molecular flexibility index (Phi) is 1.60. The Bertz CT molecular complexity index is 392. The van der Waals surface area contributed by atoms with Gasteiger partial charge in [0.2, 0.25) is 0 Å². The van der Waals surface area contributed by atoms with E-state index in [1.54, 1.807) is 0 Å². The topological polar surface area (TPSA) is 17.8 Å². The van der Waals surface area contributed by atoms with E-state index in [1.807, 2.05) is 19.3 Å². The highest BCUT2D eigenvalue weighted by molar-refractivity contribution is 14.1. The van der Waals surface area contributed by atoms with Crippen molar-refractivity contribution >= 4 is 33.5 Å². The van der Waals surface area contributed by atoms with Gasteiger partial charge in [-0.05, 0) is 34.7 Å². The van der Waals surface area contributed by atoms with E-state index in [-0.39, 0.29) is 0 Å². The van der Waals surface area contributed by atoms with Crippen LogP contribution in [0.15, 0.2) is 24.5 Å². The van der Waals surface area contributed by atoms with Gasteiger partial charge in [-0.25, -0.2) is 4.98 Å². The number of fused-ring (bicyclic) bond motifs is 1. The van der Waals surface area contributed by atoms with Crippen molar-refractivity contribution in [2.45, 2.75) is 0 Å². The third kappa shape index (κ3) is 1.03. The van der Waals surface area contributed by atoms with Gasteiger partial charge >= 0.3 is 0 Å². The van der Waals surface area contributed by atoms with E-state index >= 15 is 0 Å². The minimum absolute atomic E-state index is 1.07. The highest BCUT2D eigenvalue weighted by Gasteiger charge is 2.00. The molecule has 56 valence electrons. The Labute approximate surface area is 78.4 Å². The number of halogens is 1. The Balaban J connectivity index is 2.94. The number of pyridine rings is 1. The van der Waals surface area contributed by atoms with Crippen molar-refractivity contribution in [3.05, 3.63) is 28.2 Å². The van der Waals surface area contributed by atoms with Crippen LogP contribution >= 0.6 is 22.6 Å². The van der Waals surface area contributed by atoms with E-state index in [9.17, 15) is 0 Å². The summed E-state index contributed by atoms with van der Waals surface area (Å²) in [6.45, 7) is 0. The lowest BCUT2D eigenvalue weighted by Gasteiger charge is -1.95. The lowest BCUT2D eigenvalue weighted by Crippen LogP contribution is -1.85. The second kappa shape index (κ2) is 2.48. The summed E-state index contributed by atoms with van der Waals surface area (Å²) in [5.41, 5.74) is 1.24. The van der Waals surface area contributed by atoms with Gasteiger partial charge < -0.3 is 4.57 Å². The number of aryl methyl sites for hydroxylation is 1. The molecule has 2 nitrogen and oxygen atoms in total. The zero-order chi connectivity index (χ0) is 7.84. The third-order valence-corrected chi connectivity index (χ3v) is 2.62. The van der Waals surface area contributed by atoms with Crippen LogP contribution in [-0.4, -0.2) is 9.55 Å². The minimum atomic E-state index is 1.07. The summed E-state index contributed by atoms with van der Waals surface area (Å²) >= 11 is 2.25. The molecule has 0 aromatic carbocycles. The predicted molar refractivity (Wildman–Crippen MR) is 53.4 cm³/mol. The number of nitrogens with zero attached hydrogens (tertiary/aromatic N) is 2. The van der Waals surface area contributed by atoms with Crippen molar-refractivity contribution in [2.75, 3.05) is 0 Å². The molecule has 0 unspecified atom stereocenters. The molecule has 0 aliphatic carbocycles. The van der Waals surface area contributed by atoms with Gasteiger partial charge in [-0.1, -0.05) is 0 Å². The van der Waals surface area contributed by atoms with E-state index < -0.39 is 0 Å². The van der Waals surface area contributed by atoms with Crippen molar-refractivity contribution in [2.24, 2.45) is 7.05 Å². The largest absolute Gasteiger partial charge is 0.350 e. The molecule has 2 aromatic rings. The highest BCUT2D eigenvalue weighted by atomic mass is 127. The molecule has 0 bridgehead atoms. The van der Waals surface area contributed by atoms with E-state index in [2.05, 4.69) is 44.4 Å². The number of hydrogen-bond donors (Lipinski definition) is 0. The normalized spacial score (nSPS) is 10.7. The molecule has 0 aliphatic rings. The monoisotopic (exact) mass is 258 g/mol. The molecule has 0 aliphatic heterocycles. The Morgan fingerprint density at radius 2 is 2.27 bits per heavy atom. The molecular weight excluding hydrogens is 251 g/mol. The first-order chi connectivity index (χ1) is 5.29. The summed E-state index contributed by atoms with van der Waals surface area (Å²) in [5.74, 6) is 0. The number of rotatable bonds is 0. The maximum absolute atomic E-state index is 4.19. The van der Waals surface area contributed by atoms with E-state index in [4.69, 9.17) is 0 Å². The predicted octanol–water partition coefficient (Wildman–Crippen LogP) is 2.18. The van der Waals surface area contributed by atoms with Gasteiger partial charge in [0.25, 0.3) is 0 Å². The number of aromatic nitrogens is 2. The maximum Gasteiger partial charge on any atom is 0.110 e. The van der Waals surface area contributed by atoms with Crippen molar-refractivity contribution < 1.29 is 0 Å². The molecule has 2 heterocycles. The summed E-state index contributed by atoms with van der Waals surface area (Å²) in [5, 5.41) is 1.23. The number of hydrogen-bond acceptors (Lipinski definition) is 1. The summed E-state index contributed by atoms with van der Waals surface area (Å²) in [4.78, 5) is 4.19. The SMILES string of the molecule is Cn1ccc2c(I)nccc21. The first-order valence-corrected chi connectivity index (χ1v) is 4.42. The summed E-state index contributed by atoms with van der Waals surface area (Å²) in [6, 6.07) is 4.11. The molecule has 0 spiro atoms. The summed E-state index contributed by atoms with van der Waals surface area (Å²) < 4.78 is 3.17. The van der Waals surface area contributed by atoms with Gasteiger partial charge in [0, 0.05) is 24.8 Å². The van der Waals surface area contributed by atoms with Gasteiger partial charge in [-0.3, -0.25) is 0 Å². The zero-order valence-corrected chi connectivity index (χ0v) is 8.24. The molecule has 3 heteroatoms. The lowest BCUT2D eigenvalue weighted by molar-refractivity contribution is 0.968. The van der Waals surface area contributed by atoms with Gasteiger partial charge in [-0.15, -0.1) is 0 Å². The van der Waals surface area contributed by atoms with Crippen molar-refractivity contribution in [3.63, 3.8) is 0 Å². The fraction of sp³-hybridized carbons (Fsp3) is 0.125. The van der Waals surface area contributed by atoms with Crippen LogP contribution in [0.3, 0.4) is 0 Å². The molecule has 0 fully saturated rings. The molecule has 0 N–H and O–H groups in total. The minimum Gasteiger partial charge on any atom is -0.350 e. The lowest BCUT2D eigenvalue weighted by atomic mass is 10.3. The van der Waals surface area contributed by atoms with Gasteiger partial charge in [0.15, 0.2) is 0 Å². The molecule has 0 amide bonds. The van der Waals surface area contributed by atoms with Crippen LogP contribution in [-0.2, 0) is 7.05 Å². The van der Waals surface area contributed by atoms with Crippen LogP contribution < -0.4 is 0 Å². The quantitative estimate of drug-likeness (QED) is 0.523. The van der Waals surface area contributed by atoms with Crippen LogP contribution in [0, 0.1) is 3.70 Å². The van der Waals surface area contributed by atoms with Crippen LogP contribution in [0.4, 0.5) is 0 Å². The average Bonchev–Trinajstić information content (AvgIpc) is 2.35. The fourth-order valence-corrected chi connectivity index (χ4v) is 1.78. The van der Waals surface area contributed by atoms with Crippen molar-refractivity contribution in [1.82, 2.24) is 9.55 Å². The first kappa shape index (κ1) is 7.09. The van der Waals surface area contributed by atoms with Gasteiger partial charge in [0.1, 0.15) is 3.70 Å². The fourth-order valence-electron chi connectivity index (χ4n) is 1.17. The van der Waals surface area contributed by atoms with Crippen molar-refractivity contribution in [1.29, 1.82) is 0 Å². The summed E-state index contributed by atoms with van der Waals surface area (Å²) in [7, 11) is 2.04. The molecule has 0 atom stereocenters. The van der Waals surface area contributed by atoms with E-state index in [1.165, 1.54) is 10.9 Å². The van der Waals surface area contributed by atoms with E-state index in [0.717, 1.165) is 3.70 Å². The molecule has 0 saturated heterocycles. The third-order valence-electron chi connectivity index (χ3n) is 1.76. The second-order valence-electron chi connectivity index (χ2n) is 2.46. The smallest absolute Gasteiger partial charge is 0.110 e. The van der Waals surface area contributed by atoms with E-state index in [0.29, 0.717) is 0 Å². The van der Waals surface area contributed by atoms with Gasteiger partial charge in [0.05, 0.1) is 5.52 Å². The first-order valence-electron chi connectivity index (χ1n) is 3.34. The van der Waals surface area contributed by atoms with Gasteiger partial charge in [-0.2, -0.15) is 0 Å². The Hall–Kier alpha value is -0.580. The van der Waals surface area contributed by atoms with Crippen LogP contribution in [0.1, 0.15) is 0 Å². The van der Waals surface area contributed by atoms with Crippen LogP contribution in [0.25, 0.3) is 10.9 Å².